The van der Waals surface area contributed by atoms with E-state index in [0.717, 1.165) is 12.8 Å². The minimum atomic E-state index is -0.354. The van der Waals surface area contributed by atoms with Crippen LogP contribution in [-0.2, 0) is 11.3 Å². The lowest BCUT2D eigenvalue weighted by Gasteiger charge is -2.25. The zero-order valence-corrected chi connectivity index (χ0v) is 12.1. The molecule has 1 aromatic heterocycles. The van der Waals surface area contributed by atoms with Gasteiger partial charge >= 0.3 is 0 Å². The summed E-state index contributed by atoms with van der Waals surface area (Å²) in [7, 11) is 0. The van der Waals surface area contributed by atoms with Gasteiger partial charge in [-0.15, -0.1) is 0 Å². The maximum absolute atomic E-state index is 13.1. The van der Waals surface area contributed by atoms with E-state index >= 15 is 0 Å². The van der Waals surface area contributed by atoms with Crippen LogP contribution in [0, 0.1) is 11.7 Å². The van der Waals surface area contributed by atoms with Gasteiger partial charge in [0.15, 0.2) is 6.61 Å². The SMILES string of the molecule is NC(c1nc(COc2cccc(F)c2)no1)C1CCOCC1. The van der Waals surface area contributed by atoms with E-state index in [1.807, 2.05) is 0 Å². The van der Waals surface area contributed by atoms with E-state index in [0.29, 0.717) is 30.7 Å². The number of rotatable bonds is 5. The fraction of sp³-hybridized carbons (Fsp3) is 0.467. The Bertz CT molecular complexity index is 614. The normalized spacial score (nSPS) is 17.4. The average molecular weight is 307 g/mol. The highest BCUT2D eigenvalue weighted by molar-refractivity contribution is 5.22. The van der Waals surface area contributed by atoms with Gasteiger partial charge in [-0.1, -0.05) is 11.2 Å². The van der Waals surface area contributed by atoms with Gasteiger partial charge in [0, 0.05) is 19.3 Å². The molecular formula is C15H18FN3O3. The molecule has 0 aliphatic carbocycles. The molecule has 0 spiro atoms. The summed E-state index contributed by atoms with van der Waals surface area (Å²) in [6, 6.07) is 5.60. The minimum absolute atomic E-state index is 0.105. The van der Waals surface area contributed by atoms with Crippen LogP contribution in [-0.4, -0.2) is 23.4 Å². The standard InChI is InChI=1S/C15H18FN3O3/c16-11-2-1-3-12(8-11)21-9-13-18-15(22-19-13)14(17)10-4-6-20-7-5-10/h1-3,8,10,14H,4-7,9,17H2. The van der Waals surface area contributed by atoms with Crippen LogP contribution in [0.3, 0.4) is 0 Å². The molecule has 2 N–H and O–H groups in total. The fourth-order valence-electron chi connectivity index (χ4n) is 2.44. The Morgan fingerprint density at radius 2 is 2.18 bits per heavy atom. The molecule has 3 rings (SSSR count). The predicted octanol–water partition coefficient (Wildman–Crippen LogP) is 2.21. The van der Waals surface area contributed by atoms with Crippen LogP contribution < -0.4 is 10.5 Å². The van der Waals surface area contributed by atoms with E-state index in [1.54, 1.807) is 12.1 Å². The molecule has 6 nitrogen and oxygen atoms in total. The van der Waals surface area contributed by atoms with Gasteiger partial charge in [-0.05, 0) is 30.9 Å². The summed E-state index contributed by atoms with van der Waals surface area (Å²) in [5.74, 6) is 1.14. The van der Waals surface area contributed by atoms with E-state index in [-0.39, 0.29) is 24.4 Å². The third kappa shape index (κ3) is 3.61. The Balaban J connectivity index is 1.58. The van der Waals surface area contributed by atoms with Crippen molar-refractivity contribution in [3.8, 4) is 5.75 Å². The molecule has 2 aromatic rings. The van der Waals surface area contributed by atoms with Gasteiger partial charge in [-0.3, -0.25) is 0 Å². The lowest BCUT2D eigenvalue weighted by atomic mass is 9.92. The molecule has 0 amide bonds. The molecule has 1 saturated heterocycles. The zero-order valence-electron chi connectivity index (χ0n) is 12.1. The molecule has 2 heterocycles. The number of halogens is 1. The van der Waals surface area contributed by atoms with Gasteiger partial charge in [0.2, 0.25) is 11.7 Å². The van der Waals surface area contributed by atoms with Crippen molar-refractivity contribution in [1.82, 2.24) is 10.1 Å². The Morgan fingerprint density at radius 1 is 1.36 bits per heavy atom. The third-order valence-corrected chi connectivity index (χ3v) is 3.71. The number of hydrogen-bond acceptors (Lipinski definition) is 6. The Labute approximate surface area is 127 Å². The monoisotopic (exact) mass is 307 g/mol. The second-order valence-corrected chi connectivity index (χ2v) is 5.27. The average Bonchev–Trinajstić information content (AvgIpc) is 3.02. The highest BCUT2D eigenvalue weighted by atomic mass is 19.1. The van der Waals surface area contributed by atoms with Crippen LogP contribution >= 0.6 is 0 Å². The van der Waals surface area contributed by atoms with E-state index in [1.165, 1.54) is 12.1 Å². The van der Waals surface area contributed by atoms with Gasteiger partial charge in [0.1, 0.15) is 11.6 Å². The van der Waals surface area contributed by atoms with Crippen molar-refractivity contribution in [2.24, 2.45) is 11.7 Å². The quantitative estimate of drug-likeness (QED) is 0.912. The van der Waals surface area contributed by atoms with Crippen LogP contribution in [0.15, 0.2) is 28.8 Å². The van der Waals surface area contributed by atoms with E-state index in [2.05, 4.69) is 10.1 Å². The van der Waals surface area contributed by atoms with Crippen LogP contribution in [0.4, 0.5) is 4.39 Å². The van der Waals surface area contributed by atoms with Crippen molar-refractivity contribution in [1.29, 1.82) is 0 Å². The Morgan fingerprint density at radius 3 is 2.95 bits per heavy atom. The first-order valence-corrected chi connectivity index (χ1v) is 7.26. The number of benzene rings is 1. The summed E-state index contributed by atoms with van der Waals surface area (Å²) in [5.41, 5.74) is 6.17. The topological polar surface area (TPSA) is 83.4 Å². The lowest BCUT2D eigenvalue weighted by molar-refractivity contribution is 0.0546. The second kappa shape index (κ2) is 6.85. The molecule has 7 heteroatoms. The predicted molar refractivity (Wildman–Crippen MR) is 75.5 cm³/mol. The smallest absolute Gasteiger partial charge is 0.243 e. The molecule has 0 saturated carbocycles. The summed E-state index contributed by atoms with van der Waals surface area (Å²) in [4.78, 5) is 4.26. The molecule has 0 bridgehead atoms. The van der Waals surface area contributed by atoms with Crippen LogP contribution in [0.2, 0.25) is 0 Å². The number of ether oxygens (including phenoxy) is 2. The summed E-state index contributed by atoms with van der Waals surface area (Å²) in [5, 5.41) is 3.85. The highest BCUT2D eigenvalue weighted by Gasteiger charge is 2.26. The van der Waals surface area contributed by atoms with Crippen molar-refractivity contribution < 1.29 is 18.4 Å². The molecule has 1 unspecified atom stereocenters. The second-order valence-electron chi connectivity index (χ2n) is 5.27. The van der Waals surface area contributed by atoms with Gasteiger partial charge < -0.3 is 19.7 Å². The highest BCUT2D eigenvalue weighted by Crippen LogP contribution is 2.27. The van der Waals surface area contributed by atoms with E-state index in [9.17, 15) is 4.39 Å². The van der Waals surface area contributed by atoms with Crippen LogP contribution in [0.5, 0.6) is 5.75 Å². The van der Waals surface area contributed by atoms with Crippen LogP contribution in [0.1, 0.15) is 30.6 Å². The molecule has 1 fully saturated rings. The van der Waals surface area contributed by atoms with Gasteiger partial charge in [0.25, 0.3) is 0 Å². The first-order valence-electron chi connectivity index (χ1n) is 7.26. The molecule has 1 aromatic carbocycles. The van der Waals surface area contributed by atoms with Crippen molar-refractivity contribution in [2.75, 3.05) is 13.2 Å². The van der Waals surface area contributed by atoms with E-state index < -0.39 is 0 Å². The number of nitrogens with two attached hydrogens (primary N) is 1. The molecule has 1 aliphatic rings. The number of aromatic nitrogens is 2. The van der Waals surface area contributed by atoms with Crippen LogP contribution in [0.25, 0.3) is 0 Å². The molecule has 22 heavy (non-hydrogen) atoms. The largest absolute Gasteiger partial charge is 0.485 e. The van der Waals surface area contributed by atoms with Gasteiger partial charge in [-0.25, -0.2) is 4.39 Å². The first-order chi connectivity index (χ1) is 10.7. The van der Waals surface area contributed by atoms with Crippen molar-refractivity contribution in [3.63, 3.8) is 0 Å². The first kappa shape index (κ1) is 14.9. The Hall–Kier alpha value is -1.99. The molecule has 1 atom stereocenters. The minimum Gasteiger partial charge on any atom is -0.485 e. The van der Waals surface area contributed by atoms with E-state index in [4.69, 9.17) is 19.7 Å². The summed E-state index contributed by atoms with van der Waals surface area (Å²) < 4.78 is 29.0. The van der Waals surface area contributed by atoms with Gasteiger partial charge in [0.05, 0.1) is 6.04 Å². The molecule has 0 radical (unpaired) electrons. The third-order valence-electron chi connectivity index (χ3n) is 3.71. The summed E-state index contributed by atoms with van der Waals surface area (Å²) in [6.45, 7) is 1.53. The lowest BCUT2D eigenvalue weighted by Crippen LogP contribution is -2.27. The van der Waals surface area contributed by atoms with Crippen molar-refractivity contribution in [2.45, 2.75) is 25.5 Å². The number of nitrogens with zero attached hydrogens (tertiary/aromatic N) is 2. The van der Waals surface area contributed by atoms with Crippen molar-refractivity contribution in [3.05, 3.63) is 41.8 Å². The maximum atomic E-state index is 13.1. The van der Waals surface area contributed by atoms with Crippen molar-refractivity contribution >= 4 is 0 Å². The summed E-state index contributed by atoms with van der Waals surface area (Å²) >= 11 is 0. The zero-order chi connectivity index (χ0) is 15.4. The Kier molecular flexibility index (Phi) is 4.65. The summed E-state index contributed by atoms with van der Waals surface area (Å²) in [6.07, 6.45) is 1.78. The maximum Gasteiger partial charge on any atom is 0.243 e. The van der Waals surface area contributed by atoms with Gasteiger partial charge in [-0.2, -0.15) is 4.98 Å². The molecule has 1 aliphatic heterocycles. The number of hydrogen-bond donors (Lipinski definition) is 1. The molecule has 118 valence electrons. The fourth-order valence-corrected chi connectivity index (χ4v) is 2.44. The molecular weight excluding hydrogens is 289 g/mol.